The summed E-state index contributed by atoms with van der Waals surface area (Å²) in [5.41, 5.74) is 0.628. The number of nitrogens with one attached hydrogen (secondary N) is 2. The second-order valence-electron chi connectivity index (χ2n) is 9.13. The van der Waals surface area contributed by atoms with Crippen LogP contribution in [-0.4, -0.2) is 46.5 Å². The van der Waals surface area contributed by atoms with E-state index in [4.69, 9.17) is 11.6 Å². The largest absolute Gasteiger partial charge is 0.505 e. The lowest BCUT2D eigenvalue weighted by Crippen LogP contribution is -2.47. The third-order valence-corrected chi connectivity index (χ3v) is 8.57. The summed E-state index contributed by atoms with van der Waals surface area (Å²) in [6.07, 6.45) is 3.17. The van der Waals surface area contributed by atoms with Crippen molar-refractivity contribution in [1.29, 1.82) is 0 Å². The molecule has 0 spiro atoms. The van der Waals surface area contributed by atoms with Crippen LogP contribution in [-0.2, 0) is 0 Å². The topological polar surface area (TPSA) is 84.9 Å². The molecule has 7 nitrogen and oxygen atoms in total. The maximum Gasteiger partial charge on any atom is 0.253 e. The van der Waals surface area contributed by atoms with E-state index in [0.717, 1.165) is 38.2 Å². The molecule has 2 fully saturated rings. The van der Waals surface area contributed by atoms with Crippen LogP contribution in [0, 0.1) is 0 Å². The maximum absolute atomic E-state index is 12.4. The molecular formula is C26H29ClN4O3S. The number of fused-ring (bicyclic) bond motifs is 1. The van der Waals surface area contributed by atoms with Crippen LogP contribution in [0.25, 0.3) is 0 Å². The lowest BCUT2D eigenvalue weighted by Gasteiger charge is -2.36. The molecular weight excluding hydrogens is 484 g/mol. The number of benzene rings is 2. The smallest absolute Gasteiger partial charge is 0.253 e. The van der Waals surface area contributed by atoms with Gasteiger partial charge in [0.1, 0.15) is 11.4 Å². The molecule has 2 atom stereocenters. The van der Waals surface area contributed by atoms with Crippen molar-refractivity contribution in [3.8, 4) is 5.75 Å². The maximum atomic E-state index is 12.4. The van der Waals surface area contributed by atoms with Gasteiger partial charge in [-0.15, -0.1) is 0 Å². The fraction of sp³-hybridized carbons (Fsp3) is 0.385. The van der Waals surface area contributed by atoms with Gasteiger partial charge in [-0.3, -0.25) is 14.5 Å². The third-order valence-electron chi connectivity index (χ3n) is 6.95. The molecule has 5 rings (SSSR count). The molecule has 9 heteroatoms. The van der Waals surface area contributed by atoms with E-state index in [1.165, 1.54) is 24.8 Å². The Balaban J connectivity index is 1.35. The highest BCUT2D eigenvalue weighted by molar-refractivity contribution is 7.97. The van der Waals surface area contributed by atoms with Crippen molar-refractivity contribution in [3.63, 3.8) is 0 Å². The van der Waals surface area contributed by atoms with Gasteiger partial charge in [-0.05, 0) is 55.5 Å². The Hall–Kier alpha value is -2.52. The molecule has 0 bridgehead atoms. The summed E-state index contributed by atoms with van der Waals surface area (Å²) in [7, 11) is 0. The molecule has 35 heavy (non-hydrogen) atoms. The lowest BCUT2D eigenvalue weighted by molar-refractivity contribution is 0.165. The molecule has 0 radical (unpaired) electrons. The number of hydrogen-bond acceptors (Lipinski definition) is 8. The third kappa shape index (κ3) is 4.80. The van der Waals surface area contributed by atoms with Gasteiger partial charge in [0.2, 0.25) is 0 Å². The van der Waals surface area contributed by atoms with Crippen molar-refractivity contribution >= 4 is 40.6 Å². The number of phenolic OH excluding ortho intramolecular Hbond substituents is 1. The highest BCUT2D eigenvalue weighted by atomic mass is 35.5. The first-order valence-corrected chi connectivity index (χ1v) is 13.2. The predicted octanol–water partition coefficient (Wildman–Crippen LogP) is 4.74. The van der Waals surface area contributed by atoms with Gasteiger partial charge < -0.3 is 15.7 Å². The van der Waals surface area contributed by atoms with E-state index in [-0.39, 0.29) is 23.2 Å². The summed E-state index contributed by atoms with van der Waals surface area (Å²) in [5.74, 6) is -0.0227. The van der Waals surface area contributed by atoms with Crippen molar-refractivity contribution < 1.29 is 5.11 Å². The number of piperazine rings is 1. The van der Waals surface area contributed by atoms with Gasteiger partial charge in [0, 0.05) is 25.7 Å². The van der Waals surface area contributed by atoms with Gasteiger partial charge >= 0.3 is 0 Å². The molecule has 2 aliphatic heterocycles. The molecule has 2 heterocycles. The van der Waals surface area contributed by atoms with Crippen LogP contribution in [0.3, 0.4) is 0 Å². The molecule has 1 unspecified atom stereocenters. The monoisotopic (exact) mass is 512 g/mol. The lowest BCUT2D eigenvalue weighted by atomic mass is 10.0. The number of hydrogen-bond donors (Lipinski definition) is 3. The van der Waals surface area contributed by atoms with Crippen molar-refractivity contribution in [2.75, 3.05) is 36.8 Å². The molecule has 0 aromatic heterocycles. The molecule has 184 valence electrons. The highest BCUT2D eigenvalue weighted by Gasteiger charge is 2.32. The average molecular weight is 513 g/mol. The summed E-state index contributed by atoms with van der Waals surface area (Å²) in [4.78, 5) is 27.9. The van der Waals surface area contributed by atoms with Gasteiger partial charge in [0.15, 0.2) is 5.75 Å². The number of aromatic hydroxyl groups is 1. The van der Waals surface area contributed by atoms with E-state index in [9.17, 15) is 14.7 Å². The second-order valence-corrected chi connectivity index (χ2v) is 10.6. The van der Waals surface area contributed by atoms with Gasteiger partial charge in [-0.1, -0.05) is 48.9 Å². The molecule has 2 saturated heterocycles. The summed E-state index contributed by atoms with van der Waals surface area (Å²) >= 11 is 7.91. The van der Waals surface area contributed by atoms with E-state index < -0.39 is 10.9 Å². The van der Waals surface area contributed by atoms with Crippen LogP contribution in [0.2, 0.25) is 5.02 Å². The Morgan fingerprint density at radius 3 is 2.63 bits per heavy atom. The second kappa shape index (κ2) is 10.2. The summed E-state index contributed by atoms with van der Waals surface area (Å²) in [5, 5.41) is 17.7. The number of anilines is 3. The van der Waals surface area contributed by atoms with Gasteiger partial charge in [-0.25, -0.2) is 4.31 Å². The first-order valence-electron chi connectivity index (χ1n) is 12.1. The molecule has 3 N–H and O–H groups in total. The first-order chi connectivity index (χ1) is 17.0. The van der Waals surface area contributed by atoms with Crippen LogP contribution in [0.15, 0.2) is 56.9 Å². The quantitative estimate of drug-likeness (QED) is 0.227. The predicted molar refractivity (Wildman–Crippen MR) is 143 cm³/mol. The van der Waals surface area contributed by atoms with E-state index >= 15 is 0 Å². The summed E-state index contributed by atoms with van der Waals surface area (Å²) in [6.45, 7) is 5.99. The number of rotatable bonds is 8. The number of phenols is 1. The molecule has 0 amide bonds. The molecule has 0 aliphatic carbocycles. The Bertz CT molecular complexity index is 1280. The Kier molecular flexibility index (Phi) is 7.07. The van der Waals surface area contributed by atoms with Crippen molar-refractivity contribution in [2.45, 2.75) is 43.2 Å². The molecule has 3 aromatic carbocycles. The SMILES string of the molecule is CC[C@@H](Nc1c(Nc2ccc(Cl)c(SN3CCN4CCCC4C3)c2O)c(=O)c1=O)c1ccccc1. The normalized spacial score (nSPS) is 19.5. The van der Waals surface area contributed by atoms with Gasteiger partial charge in [0.25, 0.3) is 10.9 Å². The van der Waals surface area contributed by atoms with Gasteiger partial charge in [0.05, 0.1) is 21.6 Å². The first kappa shape index (κ1) is 24.2. The van der Waals surface area contributed by atoms with Gasteiger partial charge in [-0.2, -0.15) is 0 Å². The molecule has 3 aromatic rings. The van der Waals surface area contributed by atoms with E-state index in [0.29, 0.717) is 21.6 Å². The Morgan fingerprint density at radius 2 is 1.86 bits per heavy atom. The molecule has 0 saturated carbocycles. The van der Waals surface area contributed by atoms with Crippen LogP contribution in [0.4, 0.5) is 17.1 Å². The minimum atomic E-state index is -0.601. The zero-order valence-corrected chi connectivity index (χ0v) is 21.2. The van der Waals surface area contributed by atoms with E-state index in [1.54, 1.807) is 12.1 Å². The summed E-state index contributed by atoms with van der Waals surface area (Å²) < 4.78 is 2.24. The summed E-state index contributed by atoms with van der Waals surface area (Å²) in [6, 6.07) is 13.6. The van der Waals surface area contributed by atoms with E-state index in [2.05, 4.69) is 19.8 Å². The zero-order chi connectivity index (χ0) is 24.5. The average Bonchev–Trinajstić information content (AvgIpc) is 3.35. The fourth-order valence-corrected chi connectivity index (χ4v) is 6.26. The van der Waals surface area contributed by atoms with Crippen LogP contribution in [0.1, 0.15) is 37.8 Å². The Labute approximate surface area is 213 Å². The van der Waals surface area contributed by atoms with Crippen molar-refractivity contribution in [2.24, 2.45) is 0 Å². The Morgan fingerprint density at radius 1 is 1.09 bits per heavy atom. The van der Waals surface area contributed by atoms with Crippen LogP contribution in [0.5, 0.6) is 5.75 Å². The minimum Gasteiger partial charge on any atom is -0.505 e. The van der Waals surface area contributed by atoms with Crippen LogP contribution < -0.4 is 21.5 Å². The van der Waals surface area contributed by atoms with Crippen LogP contribution >= 0.6 is 23.5 Å². The zero-order valence-electron chi connectivity index (χ0n) is 19.6. The fourth-order valence-electron chi connectivity index (χ4n) is 4.97. The van der Waals surface area contributed by atoms with Crippen molar-refractivity contribution in [3.05, 3.63) is 73.5 Å². The highest BCUT2D eigenvalue weighted by Crippen LogP contribution is 2.44. The molecule has 2 aliphatic rings. The number of nitrogens with zero attached hydrogens (tertiary/aromatic N) is 2. The minimum absolute atomic E-state index is 0.0227. The van der Waals surface area contributed by atoms with Crippen molar-refractivity contribution in [1.82, 2.24) is 9.21 Å². The van der Waals surface area contributed by atoms with E-state index in [1.807, 2.05) is 37.3 Å². The standard InChI is InChI=1S/C26H29ClN4O3S/c1-2-19(16-7-4-3-5-8-16)28-21-22(25(34)24(21)33)29-20-11-10-18(27)26(23(20)32)35-31-14-13-30-12-6-9-17(30)15-31/h3-5,7-8,10-11,17,19,28-29,32H,2,6,9,12-15H2,1H3/t17?,19-/m1/s1. The number of halogens is 1.